The third-order valence-electron chi connectivity index (χ3n) is 3.84. The number of hydrogen-bond donors (Lipinski definition) is 3. The Balaban J connectivity index is 4.40. The molecule has 0 aromatic carbocycles. The van der Waals surface area contributed by atoms with Crippen LogP contribution in [-0.4, -0.2) is 55.7 Å². The molecule has 3 amide bonds. The van der Waals surface area contributed by atoms with Gasteiger partial charge in [-0.3, -0.25) is 19.2 Å². The van der Waals surface area contributed by atoms with E-state index in [0.29, 0.717) is 12.7 Å². The van der Waals surface area contributed by atoms with E-state index in [1.54, 1.807) is 6.92 Å². The molecule has 3 unspecified atom stereocenters. The molecule has 0 saturated heterocycles. The summed E-state index contributed by atoms with van der Waals surface area (Å²) in [5.74, 6) is -1.77. The van der Waals surface area contributed by atoms with E-state index < -0.39 is 29.9 Å². The van der Waals surface area contributed by atoms with Crippen LogP contribution >= 0.6 is 0 Å². The first-order chi connectivity index (χ1) is 12.2. The number of carbonyl (C=O) groups is 5. The highest BCUT2D eigenvalue weighted by Gasteiger charge is 2.26. The maximum atomic E-state index is 12.2. The number of aldehydes is 1. The number of esters is 1. The zero-order valence-corrected chi connectivity index (χ0v) is 15.8. The summed E-state index contributed by atoms with van der Waals surface area (Å²) in [6, 6.07) is -1.40. The average Bonchev–Trinajstić information content (AvgIpc) is 2.62. The van der Waals surface area contributed by atoms with Gasteiger partial charge in [0, 0.05) is 19.4 Å². The zero-order chi connectivity index (χ0) is 20.1. The van der Waals surface area contributed by atoms with Gasteiger partial charge in [-0.2, -0.15) is 0 Å². The van der Waals surface area contributed by atoms with Gasteiger partial charge in [0.05, 0.1) is 19.6 Å². The maximum absolute atomic E-state index is 12.2. The van der Waals surface area contributed by atoms with Crippen molar-refractivity contribution in [2.45, 2.75) is 58.5 Å². The minimum absolute atomic E-state index is 0.00654. The molecule has 26 heavy (non-hydrogen) atoms. The number of hydrogen-bond acceptors (Lipinski definition) is 6. The van der Waals surface area contributed by atoms with E-state index in [9.17, 15) is 24.0 Å². The predicted molar refractivity (Wildman–Crippen MR) is 93.9 cm³/mol. The van der Waals surface area contributed by atoms with E-state index >= 15 is 0 Å². The fraction of sp³-hybridized carbons (Fsp3) is 0.706. The summed E-state index contributed by atoms with van der Waals surface area (Å²) >= 11 is 0. The Bertz CT molecular complexity index is 509. The number of methoxy groups -OCH3 is 1. The number of amides is 3. The van der Waals surface area contributed by atoms with E-state index in [-0.39, 0.29) is 37.6 Å². The van der Waals surface area contributed by atoms with Crippen molar-refractivity contribution < 1.29 is 28.7 Å². The van der Waals surface area contributed by atoms with Gasteiger partial charge >= 0.3 is 5.97 Å². The lowest BCUT2D eigenvalue weighted by atomic mass is 9.98. The monoisotopic (exact) mass is 371 g/mol. The van der Waals surface area contributed by atoms with Crippen molar-refractivity contribution in [1.29, 1.82) is 0 Å². The van der Waals surface area contributed by atoms with Crippen LogP contribution in [0, 0.1) is 5.92 Å². The molecule has 0 radical (unpaired) electrons. The fourth-order valence-corrected chi connectivity index (χ4v) is 2.02. The van der Waals surface area contributed by atoms with Crippen LogP contribution in [0.3, 0.4) is 0 Å². The number of nitrogens with one attached hydrogen (secondary N) is 3. The smallest absolute Gasteiger partial charge is 0.306 e. The minimum atomic E-state index is -0.759. The van der Waals surface area contributed by atoms with Gasteiger partial charge in [0.15, 0.2) is 0 Å². The van der Waals surface area contributed by atoms with Crippen LogP contribution in [0.5, 0.6) is 0 Å². The van der Waals surface area contributed by atoms with Crippen molar-refractivity contribution in [2.75, 3.05) is 13.7 Å². The minimum Gasteiger partial charge on any atom is -0.469 e. The van der Waals surface area contributed by atoms with Crippen LogP contribution in [0.15, 0.2) is 0 Å². The first-order valence-electron chi connectivity index (χ1n) is 8.63. The van der Waals surface area contributed by atoms with E-state index in [1.165, 1.54) is 7.11 Å². The molecule has 0 heterocycles. The molecule has 0 aromatic rings. The Morgan fingerprint density at radius 3 is 2.19 bits per heavy atom. The van der Waals surface area contributed by atoms with Crippen molar-refractivity contribution in [2.24, 2.45) is 5.92 Å². The normalized spacial score (nSPS) is 13.7. The molecular formula is C17H29N3O6. The van der Waals surface area contributed by atoms with E-state index in [4.69, 9.17) is 0 Å². The molecule has 9 nitrogen and oxygen atoms in total. The molecule has 0 aromatic heterocycles. The molecule has 0 spiro atoms. The highest BCUT2D eigenvalue weighted by atomic mass is 16.5. The number of rotatable bonds is 12. The summed E-state index contributed by atoms with van der Waals surface area (Å²) in [5.41, 5.74) is 0. The molecular weight excluding hydrogens is 342 g/mol. The highest BCUT2D eigenvalue weighted by Crippen LogP contribution is 2.08. The van der Waals surface area contributed by atoms with Gasteiger partial charge in [0.1, 0.15) is 12.3 Å². The van der Waals surface area contributed by atoms with Crippen LogP contribution in [0.4, 0.5) is 0 Å². The van der Waals surface area contributed by atoms with Crippen LogP contribution < -0.4 is 16.0 Å². The second-order valence-corrected chi connectivity index (χ2v) is 6.04. The SMILES string of the molecule is CCC(C)C(NC(=O)CCNC(=O)CCC(=O)OC)C(=O)NC(C)C=O. The van der Waals surface area contributed by atoms with Gasteiger partial charge < -0.3 is 25.5 Å². The summed E-state index contributed by atoms with van der Waals surface area (Å²) in [7, 11) is 1.24. The Morgan fingerprint density at radius 2 is 1.65 bits per heavy atom. The fourth-order valence-electron chi connectivity index (χ4n) is 2.02. The Labute approximate surface area is 153 Å². The predicted octanol–water partition coefficient (Wildman–Crippen LogP) is -0.320. The molecule has 3 atom stereocenters. The molecule has 0 saturated carbocycles. The summed E-state index contributed by atoms with van der Waals surface area (Å²) in [6.45, 7) is 5.35. The highest BCUT2D eigenvalue weighted by molar-refractivity contribution is 5.89. The second kappa shape index (κ2) is 12.8. The van der Waals surface area contributed by atoms with Gasteiger partial charge in [-0.15, -0.1) is 0 Å². The largest absolute Gasteiger partial charge is 0.469 e. The molecule has 9 heteroatoms. The van der Waals surface area contributed by atoms with Gasteiger partial charge in [-0.05, 0) is 12.8 Å². The van der Waals surface area contributed by atoms with Gasteiger partial charge in [-0.1, -0.05) is 20.3 Å². The third kappa shape index (κ3) is 9.75. The molecule has 0 fully saturated rings. The van der Waals surface area contributed by atoms with Crippen LogP contribution in [-0.2, 0) is 28.7 Å². The van der Waals surface area contributed by atoms with E-state index in [2.05, 4.69) is 20.7 Å². The lowest BCUT2D eigenvalue weighted by molar-refractivity contribution is -0.142. The van der Waals surface area contributed by atoms with Crippen molar-refractivity contribution in [3.05, 3.63) is 0 Å². The van der Waals surface area contributed by atoms with Crippen molar-refractivity contribution in [1.82, 2.24) is 16.0 Å². The quantitative estimate of drug-likeness (QED) is 0.318. The van der Waals surface area contributed by atoms with Crippen LogP contribution in [0.2, 0.25) is 0 Å². The Morgan fingerprint density at radius 1 is 1.00 bits per heavy atom. The first kappa shape index (κ1) is 23.5. The van der Waals surface area contributed by atoms with Crippen molar-refractivity contribution >= 4 is 30.0 Å². The topological polar surface area (TPSA) is 131 Å². The van der Waals surface area contributed by atoms with Crippen LogP contribution in [0.1, 0.15) is 46.5 Å². The van der Waals surface area contributed by atoms with Gasteiger partial charge in [0.25, 0.3) is 0 Å². The summed E-state index contributed by atoms with van der Waals surface area (Å²) in [4.78, 5) is 57.4. The maximum Gasteiger partial charge on any atom is 0.306 e. The standard InChI is InChI=1S/C17H29N3O6/c1-5-11(2)16(17(25)19-12(3)10-21)20-14(23)8-9-18-13(22)6-7-15(24)26-4/h10-12,16H,5-9H2,1-4H3,(H,18,22)(H,19,25)(H,20,23). The van der Waals surface area contributed by atoms with Gasteiger partial charge in [-0.25, -0.2) is 0 Å². The zero-order valence-electron chi connectivity index (χ0n) is 15.8. The lowest BCUT2D eigenvalue weighted by Gasteiger charge is -2.24. The molecule has 0 aliphatic rings. The number of carbonyl (C=O) groups excluding carboxylic acids is 5. The molecule has 0 aliphatic carbocycles. The van der Waals surface area contributed by atoms with Crippen molar-refractivity contribution in [3.8, 4) is 0 Å². The molecule has 0 aliphatic heterocycles. The molecule has 0 bridgehead atoms. The van der Waals surface area contributed by atoms with Crippen LogP contribution in [0.25, 0.3) is 0 Å². The summed E-state index contributed by atoms with van der Waals surface area (Å²) in [6.07, 6.45) is 1.22. The van der Waals surface area contributed by atoms with Crippen molar-refractivity contribution in [3.63, 3.8) is 0 Å². The molecule has 148 valence electrons. The number of ether oxygens (including phenoxy) is 1. The summed E-state index contributed by atoms with van der Waals surface area (Å²) < 4.78 is 4.44. The second-order valence-electron chi connectivity index (χ2n) is 6.04. The molecule has 3 N–H and O–H groups in total. The first-order valence-corrected chi connectivity index (χ1v) is 8.63. The van der Waals surface area contributed by atoms with E-state index in [0.717, 1.165) is 0 Å². The third-order valence-corrected chi connectivity index (χ3v) is 3.84. The Hall–Kier alpha value is -2.45. The van der Waals surface area contributed by atoms with Gasteiger partial charge in [0.2, 0.25) is 17.7 Å². The summed E-state index contributed by atoms with van der Waals surface area (Å²) in [5, 5.41) is 7.69. The lowest BCUT2D eigenvalue weighted by Crippen LogP contribution is -2.52. The molecule has 0 rings (SSSR count). The van der Waals surface area contributed by atoms with E-state index in [1.807, 2.05) is 13.8 Å². The Kier molecular flexibility index (Phi) is 11.6. The average molecular weight is 371 g/mol.